The van der Waals surface area contributed by atoms with E-state index in [0.29, 0.717) is 0 Å². The van der Waals surface area contributed by atoms with Crippen LogP contribution >= 0.6 is 0 Å². The number of fused-ring (bicyclic) bond motifs is 3. The smallest absolute Gasteiger partial charge is 0.211 e. The highest BCUT2D eigenvalue weighted by Gasteiger charge is 2.24. The number of rotatable bonds is 2. The van der Waals surface area contributed by atoms with Crippen LogP contribution in [0.5, 0.6) is 0 Å². The number of nitrogens with zero attached hydrogens (tertiary/aromatic N) is 4. The Morgan fingerprint density at radius 2 is 1.74 bits per heavy atom. The molecule has 3 aromatic rings. The number of hydrogen-bond donors (Lipinski definition) is 1. The van der Waals surface area contributed by atoms with E-state index in [2.05, 4.69) is 68.3 Å². The first-order valence-corrected chi connectivity index (χ1v) is 7.90. The van der Waals surface area contributed by atoms with Gasteiger partial charge in [-0.05, 0) is 36.4 Å². The molecule has 0 aliphatic carbocycles. The molecule has 5 rings (SSSR count). The Morgan fingerprint density at radius 1 is 0.913 bits per heavy atom. The molecule has 0 fully saturated rings. The number of benzene rings is 2. The number of nitrogens with one attached hydrogen (secondary N) is 1. The van der Waals surface area contributed by atoms with Crippen molar-refractivity contribution in [3.63, 3.8) is 0 Å². The second kappa shape index (κ2) is 4.78. The van der Waals surface area contributed by atoms with Gasteiger partial charge in [0.25, 0.3) is 0 Å². The average molecular weight is 303 g/mol. The zero-order valence-corrected chi connectivity index (χ0v) is 12.7. The normalized spacial score (nSPS) is 16.2. The molecule has 0 atom stereocenters. The van der Waals surface area contributed by atoms with Crippen LogP contribution in [0.1, 0.15) is 0 Å². The van der Waals surface area contributed by atoms with Gasteiger partial charge in [-0.25, -0.2) is 4.98 Å². The van der Waals surface area contributed by atoms with E-state index in [0.717, 1.165) is 31.2 Å². The molecule has 0 radical (unpaired) electrons. The number of anilines is 3. The van der Waals surface area contributed by atoms with Crippen molar-refractivity contribution in [2.75, 3.05) is 23.0 Å². The van der Waals surface area contributed by atoms with Crippen LogP contribution in [0.15, 0.2) is 60.9 Å². The van der Waals surface area contributed by atoms with Gasteiger partial charge in [0.2, 0.25) is 5.95 Å². The fourth-order valence-corrected chi connectivity index (χ4v) is 3.38. The third kappa shape index (κ3) is 1.90. The van der Waals surface area contributed by atoms with Gasteiger partial charge in [0, 0.05) is 36.9 Å². The lowest BCUT2D eigenvalue weighted by Gasteiger charge is -2.19. The number of hydrogen-bond acceptors (Lipinski definition) is 4. The summed E-state index contributed by atoms with van der Waals surface area (Å²) < 4.78 is 2.30. The van der Waals surface area contributed by atoms with Gasteiger partial charge in [-0.15, -0.1) is 0 Å². The summed E-state index contributed by atoms with van der Waals surface area (Å²) in [6.45, 7) is 2.78. The summed E-state index contributed by atoms with van der Waals surface area (Å²) in [7, 11) is 0. The van der Waals surface area contributed by atoms with Gasteiger partial charge in [-0.3, -0.25) is 0 Å². The standard InChI is InChI=1S/C18H17N5/c1-2-4-17-16(3-1)20-18-22(11-12-23(17)18)15-7-5-14(6-8-15)21-10-9-19-13-21/h1-10,19H,11-13H2. The van der Waals surface area contributed by atoms with E-state index in [4.69, 9.17) is 4.98 Å². The molecule has 0 unspecified atom stereocenters. The highest BCUT2D eigenvalue weighted by Crippen LogP contribution is 2.33. The zero-order chi connectivity index (χ0) is 15.2. The molecule has 0 bridgehead atoms. The second-order valence-electron chi connectivity index (χ2n) is 5.87. The van der Waals surface area contributed by atoms with Crippen molar-refractivity contribution in [2.45, 2.75) is 6.54 Å². The van der Waals surface area contributed by atoms with Gasteiger partial charge in [-0.1, -0.05) is 12.1 Å². The molecular weight excluding hydrogens is 286 g/mol. The molecule has 0 saturated carbocycles. The van der Waals surface area contributed by atoms with Crippen LogP contribution in [0.25, 0.3) is 11.0 Å². The molecule has 114 valence electrons. The van der Waals surface area contributed by atoms with Crippen molar-refractivity contribution >= 4 is 28.4 Å². The Kier molecular flexibility index (Phi) is 2.61. The number of imidazole rings is 1. The molecule has 23 heavy (non-hydrogen) atoms. The summed E-state index contributed by atoms with van der Waals surface area (Å²) in [5.41, 5.74) is 4.67. The molecule has 5 heteroatoms. The van der Waals surface area contributed by atoms with Crippen molar-refractivity contribution < 1.29 is 0 Å². The molecule has 2 aliphatic rings. The van der Waals surface area contributed by atoms with Gasteiger partial charge in [-0.2, -0.15) is 0 Å². The maximum Gasteiger partial charge on any atom is 0.211 e. The second-order valence-corrected chi connectivity index (χ2v) is 5.87. The van der Waals surface area contributed by atoms with E-state index in [1.807, 2.05) is 12.3 Å². The summed E-state index contributed by atoms with van der Waals surface area (Å²) in [6.07, 6.45) is 4.03. The molecular formula is C18H17N5. The largest absolute Gasteiger partial charge is 0.372 e. The molecule has 3 heterocycles. The van der Waals surface area contributed by atoms with Gasteiger partial charge in [0.1, 0.15) is 0 Å². The Bertz CT molecular complexity index is 893. The van der Waals surface area contributed by atoms with E-state index in [9.17, 15) is 0 Å². The van der Waals surface area contributed by atoms with Gasteiger partial charge < -0.3 is 19.7 Å². The SMILES string of the molecule is C1=CN(c2ccc(N3CCn4c3nc3ccccc34)cc2)CN1. The molecule has 1 aromatic heterocycles. The van der Waals surface area contributed by atoms with Crippen LogP contribution in [0.3, 0.4) is 0 Å². The molecule has 0 amide bonds. The predicted octanol–water partition coefficient (Wildman–Crippen LogP) is 3.03. The summed E-state index contributed by atoms with van der Waals surface area (Å²) in [6, 6.07) is 17.0. The molecule has 0 saturated heterocycles. The predicted molar refractivity (Wildman–Crippen MR) is 92.8 cm³/mol. The Labute approximate surface area is 134 Å². The minimum absolute atomic E-state index is 0.832. The fourth-order valence-electron chi connectivity index (χ4n) is 3.38. The first-order chi connectivity index (χ1) is 11.4. The molecule has 2 aromatic carbocycles. The van der Waals surface area contributed by atoms with Crippen LogP contribution in [-0.4, -0.2) is 22.8 Å². The lowest BCUT2D eigenvalue weighted by atomic mass is 10.2. The van der Waals surface area contributed by atoms with E-state index < -0.39 is 0 Å². The fraction of sp³-hybridized carbons (Fsp3) is 0.167. The quantitative estimate of drug-likeness (QED) is 0.789. The molecule has 1 N–H and O–H groups in total. The van der Waals surface area contributed by atoms with E-state index in [1.165, 1.54) is 16.9 Å². The van der Waals surface area contributed by atoms with Crippen LogP contribution in [0.4, 0.5) is 17.3 Å². The maximum absolute atomic E-state index is 4.81. The monoisotopic (exact) mass is 303 g/mol. The highest BCUT2D eigenvalue weighted by atomic mass is 15.4. The molecule has 2 aliphatic heterocycles. The Hall–Kier alpha value is -2.95. The van der Waals surface area contributed by atoms with E-state index >= 15 is 0 Å². The topological polar surface area (TPSA) is 36.3 Å². The van der Waals surface area contributed by atoms with E-state index in [1.54, 1.807) is 0 Å². The van der Waals surface area contributed by atoms with Crippen molar-refractivity contribution in [3.8, 4) is 0 Å². The molecule has 5 nitrogen and oxygen atoms in total. The first kappa shape index (κ1) is 12.6. The average Bonchev–Trinajstić information content (AvgIpc) is 3.31. The lowest BCUT2D eigenvalue weighted by molar-refractivity contribution is 0.825. The minimum Gasteiger partial charge on any atom is -0.372 e. The zero-order valence-electron chi connectivity index (χ0n) is 12.7. The number of para-hydroxylation sites is 2. The van der Waals surface area contributed by atoms with Crippen molar-refractivity contribution in [3.05, 3.63) is 60.9 Å². The van der Waals surface area contributed by atoms with Crippen molar-refractivity contribution in [2.24, 2.45) is 0 Å². The maximum atomic E-state index is 4.81. The summed E-state index contributed by atoms with van der Waals surface area (Å²) in [4.78, 5) is 9.29. The van der Waals surface area contributed by atoms with Crippen LogP contribution < -0.4 is 15.1 Å². The summed E-state index contributed by atoms with van der Waals surface area (Å²) in [5.74, 6) is 1.04. The van der Waals surface area contributed by atoms with Gasteiger partial charge >= 0.3 is 0 Å². The van der Waals surface area contributed by atoms with Crippen molar-refractivity contribution in [1.82, 2.24) is 14.9 Å². The Balaban J connectivity index is 1.50. The lowest BCUT2D eigenvalue weighted by Crippen LogP contribution is -2.19. The molecule has 0 spiro atoms. The minimum atomic E-state index is 0.832. The number of aromatic nitrogens is 2. The third-order valence-electron chi connectivity index (χ3n) is 4.55. The third-order valence-corrected chi connectivity index (χ3v) is 4.55. The van der Waals surface area contributed by atoms with Gasteiger partial charge in [0.05, 0.1) is 17.7 Å². The summed E-state index contributed by atoms with van der Waals surface area (Å²) in [5, 5.41) is 3.19. The van der Waals surface area contributed by atoms with Crippen molar-refractivity contribution in [1.29, 1.82) is 0 Å². The highest BCUT2D eigenvalue weighted by molar-refractivity contribution is 5.81. The summed E-state index contributed by atoms with van der Waals surface area (Å²) >= 11 is 0. The Morgan fingerprint density at radius 3 is 2.57 bits per heavy atom. The van der Waals surface area contributed by atoms with E-state index in [-0.39, 0.29) is 0 Å². The van der Waals surface area contributed by atoms with Crippen LogP contribution in [0.2, 0.25) is 0 Å². The first-order valence-electron chi connectivity index (χ1n) is 7.90. The van der Waals surface area contributed by atoms with Crippen LogP contribution in [-0.2, 0) is 6.54 Å². The van der Waals surface area contributed by atoms with Gasteiger partial charge in [0.15, 0.2) is 0 Å². The van der Waals surface area contributed by atoms with Crippen LogP contribution in [0, 0.1) is 0 Å².